The molecule has 0 aromatic heterocycles. The maximum absolute atomic E-state index is 14.8. The SMILES string of the molecule is CC(C)=CCc1c(O)ccc(C(=O)C2C(c3ccc(O)c(C4Oc5cc(O)ccc5C(=O)C4O)c3)C=C(C)CC2c2ccc(O)cc2O)c1O. The molecule has 6 rings (SSSR count). The Morgan fingerprint density at radius 2 is 1.54 bits per heavy atom. The summed E-state index contributed by atoms with van der Waals surface area (Å²) in [6.45, 7) is 5.63. The third-order valence-electron chi connectivity index (χ3n) is 9.56. The van der Waals surface area contributed by atoms with Crippen molar-refractivity contribution >= 4 is 11.6 Å². The Balaban J connectivity index is 1.50. The first-order valence-corrected chi connectivity index (χ1v) is 16.2. The van der Waals surface area contributed by atoms with Gasteiger partial charge in [-0.3, -0.25) is 9.59 Å². The number of aliphatic hydroxyl groups excluding tert-OH is 1. The number of ether oxygens (including phenoxy) is 1. The molecule has 4 aromatic carbocycles. The third kappa shape index (κ3) is 6.25. The Morgan fingerprint density at radius 3 is 2.26 bits per heavy atom. The van der Waals surface area contributed by atoms with E-state index in [4.69, 9.17) is 4.74 Å². The lowest BCUT2D eigenvalue weighted by molar-refractivity contribution is 0.0207. The summed E-state index contributed by atoms with van der Waals surface area (Å²) in [6.07, 6.45) is 1.20. The first kappa shape index (κ1) is 34.1. The van der Waals surface area contributed by atoms with Crippen LogP contribution in [0.2, 0.25) is 0 Å². The molecule has 1 heterocycles. The monoisotopic (exact) mass is 678 g/mol. The molecular weight excluding hydrogens is 640 g/mol. The van der Waals surface area contributed by atoms with Gasteiger partial charge in [-0.2, -0.15) is 0 Å². The second-order valence-electron chi connectivity index (χ2n) is 13.3. The van der Waals surface area contributed by atoms with Crippen LogP contribution < -0.4 is 4.74 Å². The molecule has 0 amide bonds. The quantitative estimate of drug-likeness (QED) is 0.0808. The average molecular weight is 679 g/mol. The Bertz CT molecular complexity index is 2070. The number of hydrogen-bond acceptors (Lipinski definition) is 10. The van der Waals surface area contributed by atoms with Gasteiger partial charge in [-0.1, -0.05) is 35.4 Å². The minimum atomic E-state index is -1.69. The zero-order valence-corrected chi connectivity index (χ0v) is 27.7. The molecule has 0 bridgehead atoms. The molecule has 5 atom stereocenters. The number of phenols is 6. The predicted octanol–water partition coefficient (Wildman–Crippen LogP) is 6.82. The zero-order chi connectivity index (χ0) is 36.0. The van der Waals surface area contributed by atoms with E-state index < -0.39 is 41.5 Å². The van der Waals surface area contributed by atoms with Crippen molar-refractivity contribution in [3.8, 4) is 40.2 Å². The number of aromatic hydroxyl groups is 6. The van der Waals surface area contributed by atoms with E-state index in [0.717, 1.165) is 11.1 Å². The van der Waals surface area contributed by atoms with Crippen LogP contribution in [0.15, 0.2) is 90.0 Å². The normalized spacial score (nSPS) is 21.5. The second kappa shape index (κ2) is 13.3. The average Bonchev–Trinajstić information content (AvgIpc) is 3.06. The number of rotatable bonds is 7. The van der Waals surface area contributed by atoms with Gasteiger partial charge < -0.3 is 40.5 Å². The first-order chi connectivity index (χ1) is 23.7. The fourth-order valence-corrected chi connectivity index (χ4v) is 7.06. The van der Waals surface area contributed by atoms with Crippen LogP contribution in [0.1, 0.15) is 88.1 Å². The van der Waals surface area contributed by atoms with Gasteiger partial charge in [-0.25, -0.2) is 0 Å². The number of allylic oxidation sites excluding steroid dienone is 4. The molecule has 1 aliphatic heterocycles. The molecule has 7 N–H and O–H groups in total. The number of ketones is 2. The molecule has 10 nitrogen and oxygen atoms in total. The minimum absolute atomic E-state index is 0.0294. The van der Waals surface area contributed by atoms with Crippen LogP contribution in [0.4, 0.5) is 0 Å². The van der Waals surface area contributed by atoms with Gasteiger partial charge in [0.15, 0.2) is 23.8 Å². The lowest BCUT2D eigenvalue weighted by Crippen LogP contribution is -2.36. The summed E-state index contributed by atoms with van der Waals surface area (Å²) >= 11 is 0. The number of carbonyl (C=O) groups is 2. The van der Waals surface area contributed by atoms with Crippen LogP contribution in [0.3, 0.4) is 0 Å². The number of hydrogen-bond donors (Lipinski definition) is 7. The van der Waals surface area contributed by atoms with Gasteiger partial charge in [0.1, 0.15) is 40.2 Å². The van der Waals surface area contributed by atoms with E-state index in [1.807, 2.05) is 32.9 Å². The van der Waals surface area contributed by atoms with Crippen molar-refractivity contribution in [2.75, 3.05) is 0 Å². The Kier molecular flexibility index (Phi) is 9.07. The highest BCUT2D eigenvalue weighted by molar-refractivity contribution is 6.04. The number of fused-ring (bicyclic) bond motifs is 1. The van der Waals surface area contributed by atoms with Gasteiger partial charge in [0.05, 0.1) is 11.1 Å². The van der Waals surface area contributed by atoms with Crippen LogP contribution in [0.25, 0.3) is 0 Å². The number of phenolic OH excluding ortho intramolecular Hbond substituents is 6. The fraction of sp³-hybridized carbons (Fsp3) is 0.250. The van der Waals surface area contributed by atoms with Gasteiger partial charge >= 0.3 is 0 Å². The van der Waals surface area contributed by atoms with E-state index in [2.05, 4.69) is 0 Å². The molecule has 1 aliphatic carbocycles. The number of Topliss-reactive ketones (excluding diaryl/α,β-unsaturated/α-hetero) is 2. The molecule has 4 aromatic rings. The standard InChI is InChI=1S/C40H38O10/c1-19(2)4-8-25-31(43)13-11-27(36(25)46)37(47)35-28(14-20(3)15-29(35)24-9-6-22(41)17-33(24)45)21-5-12-32(44)30(16-21)40-39(49)38(48)26-10-7-23(42)18-34(26)50-40/h4-7,9-14,16-18,28-29,35,39-46,49H,8,15H2,1-3H3. The summed E-state index contributed by atoms with van der Waals surface area (Å²) in [6, 6.07) is 15.3. The van der Waals surface area contributed by atoms with Crippen LogP contribution in [-0.2, 0) is 6.42 Å². The van der Waals surface area contributed by atoms with E-state index in [1.54, 1.807) is 18.2 Å². The zero-order valence-electron chi connectivity index (χ0n) is 27.7. The molecule has 0 spiro atoms. The van der Waals surface area contributed by atoms with Crippen molar-refractivity contribution in [2.24, 2.45) is 5.92 Å². The molecule has 2 aliphatic rings. The van der Waals surface area contributed by atoms with Crippen molar-refractivity contribution in [3.63, 3.8) is 0 Å². The first-order valence-electron chi connectivity index (χ1n) is 16.2. The Hall–Kier alpha value is -5.74. The molecule has 10 heteroatoms. The van der Waals surface area contributed by atoms with Crippen molar-refractivity contribution in [2.45, 2.75) is 57.7 Å². The highest BCUT2D eigenvalue weighted by Gasteiger charge is 2.43. The van der Waals surface area contributed by atoms with E-state index in [9.17, 15) is 45.3 Å². The van der Waals surface area contributed by atoms with Crippen LogP contribution >= 0.6 is 0 Å². The number of carbonyl (C=O) groups excluding carboxylic acids is 2. The molecule has 50 heavy (non-hydrogen) atoms. The summed E-state index contributed by atoms with van der Waals surface area (Å²) in [7, 11) is 0. The molecule has 0 saturated heterocycles. The molecular formula is C40H38O10. The molecule has 0 radical (unpaired) electrons. The largest absolute Gasteiger partial charge is 0.508 e. The van der Waals surface area contributed by atoms with Gasteiger partial charge in [-0.15, -0.1) is 0 Å². The van der Waals surface area contributed by atoms with Gasteiger partial charge in [0.25, 0.3) is 0 Å². The highest BCUT2D eigenvalue weighted by Crippen LogP contribution is 2.51. The molecule has 0 fully saturated rings. The van der Waals surface area contributed by atoms with Gasteiger partial charge in [0, 0.05) is 41.0 Å². The predicted molar refractivity (Wildman–Crippen MR) is 184 cm³/mol. The smallest absolute Gasteiger partial charge is 0.199 e. The van der Waals surface area contributed by atoms with E-state index in [1.165, 1.54) is 48.5 Å². The summed E-state index contributed by atoms with van der Waals surface area (Å²) in [5.74, 6) is -4.78. The van der Waals surface area contributed by atoms with Gasteiger partial charge in [0.2, 0.25) is 0 Å². The van der Waals surface area contributed by atoms with E-state index in [-0.39, 0.29) is 68.9 Å². The second-order valence-corrected chi connectivity index (χ2v) is 13.3. The van der Waals surface area contributed by atoms with Crippen molar-refractivity contribution < 1.29 is 50.1 Å². The fourth-order valence-electron chi connectivity index (χ4n) is 7.06. The van der Waals surface area contributed by atoms with E-state index in [0.29, 0.717) is 17.5 Å². The number of benzene rings is 4. The van der Waals surface area contributed by atoms with Crippen LogP contribution in [-0.4, -0.2) is 53.4 Å². The molecule has 258 valence electrons. The maximum Gasteiger partial charge on any atom is 0.199 e. The molecule has 5 unspecified atom stereocenters. The number of aliphatic hydroxyl groups is 1. The van der Waals surface area contributed by atoms with Crippen LogP contribution in [0, 0.1) is 5.92 Å². The van der Waals surface area contributed by atoms with E-state index >= 15 is 0 Å². The lowest BCUT2D eigenvalue weighted by Gasteiger charge is -2.37. The van der Waals surface area contributed by atoms with Crippen LogP contribution in [0.5, 0.6) is 40.2 Å². The third-order valence-corrected chi connectivity index (χ3v) is 9.56. The van der Waals surface area contributed by atoms with Gasteiger partial charge in [-0.05, 0) is 87.2 Å². The Labute approximate surface area is 288 Å². The minimum Gasteiger partial charge on any atom is -0.508 e. The summed E-state index contributed by atoms with van der Waals surface area (Å²) < 4.78 is 5.98. The summed E-state index contributed by atoms with van der Waals surface area (Å²) in [5, 5.41) is 75.2. The summed E-state index contributed by atoms with van der Waals surface area (Å²) in [4.78, 5) is 27.9. The lowest BCUT2D eigenvalue weighted by atomic mass is 9.65. The Morgan fingerprint density at radius 1 is 0.840 bits per heavy atom. The maximum atomic E-state index is 14.8. The topological polar surface area (TPSA) is 185 Å². The van der Waals surface area contributed by atoms with Crippen molar-refractivity contribution in [3.05, 3.63) is 123 Å². The summed E-state index contributed by atoms with van der Waals surface area (Å²) in [5.41, 5.74) is 3.03. The van der Waals surface area contributed by atoms with Crippen molar-refractivity contribution in [1.29, 1.82) is 0 Å². The molecule has 0 saturated carbocycles. The van der Waals surface area contributed by atoms with Crippen molar-refractivity contribution in [1.82, 2.24) is 0 Å². The highest BCUT2D eigenvalue weighted by atomic mass is 16.5.